The van der Waals surface area contributed by atoms with Gasteiger partial charge in [-0.2, -0.15) is 0 Å². The smallest absolute Gasteiger partial charge is 0.270 e. The third-order valence-corrected chi connectivity index (χ3v) is 5.15. The average molecular weight is 372 g/mol. The van der Waals surface area contributed by atoms with Gasteiger partial charge in [0.25, 0.3) is 5.91 Å². The van der Waals surface area contributed by atoms with E-state index >= 15 is 0 Å². The Bertz CT molecular complexity index is 853. The molecule has 0 radical (unpaired) electrons. The first-order chi connectivity index (χ1) is 12.9. The Morgan fingerprint density at radius 3 is 2.70 bits per heavy atom. The number of nitrogens with zero attached hydrogens (tertiary/aromatic N) is 3. The molecular formula is C20H25FN4O2. The minimum absolute atomic E-state index is 0.0881. The summed E-state index contributed by atoms with van der Waals surface area (Å²) in [5, 5.41) is 3.58. The van der Waals surface area contributed by atoms with Crippen molar-refractivity contribution in [2.75, 3.05) is 26.7 Å². The van der Waals surface area contributed by atoms with Crippen molar-refractivity contribution in [1.82, 2.24) is 20.1 Å². The van der Waals surface area contributed by atoms with E-state index in [4.69, 9.17) is 0 Å². The van der Waals surface area contributed by atoms with Crippen LogP contribution in [0.25, 0.3) is 10.9 Å². The van der Waals surface area contributed by atoms with Gasteiger partial charge in [-0.15, -0.1) is 0 Å². The number of pyridine rings is 1. The zero-order chi connectivity index (χ0) is 19.6. The Balaban J connectivity index is 1.70. The van der Waals surface area contributed by atoms with Crippen LogP contribution in [-0.4, -0.2) is 65.4 Å². The van der Waals surface area contributed by atoms with Gasteiger partial charge in [0.15, 0.2) is 0 Å². The SMILES string of the molecule is CCN(CC)C(=O)C1CC(NC(=O)c2ccc3cccc(F)c3n2)CN1C. The molecule has 1 saturated heterocycles. The van der Waals surface area contributed by atoms with Crippen LogP contribution in [0.4, 0.5) is 4.39 Å². The Morgan fingerprint density at radius 1 is 1.26 bits per heavy atom. The molecule has 2 aromatic rings. The summed E-state index contributed by atoms with van der Waals surface area (Å²) < 4.78 is 13.9. The van der Waals surface area contributed by atoms with Crippen LogP contribution in [0.3, 0.4) is 0 Å². The molecule has 1 aliphatic rings. The number of carbonyl (C=O) groups excluding carboxylic acids is 2. The number of likely N-dealkylation sites (tertiary alicyclic amines) is 1. The van der Waals surface area contributed by atoms with Gasteiger partial charge in [0.1, 0.15) is 17.0 Å². The Morgan fingerprint density at radius 2 is 2.00 bits per heavy atom. The van der Waals surface area contributed by atoms with Gasteiger partial charge in [-0.25, -0.2) is 9.37 Å². The first-order valence-electron chi connectivity index (χ1n) is 9.29. The highest BCUT2D eigenvalue weighted by atomic mass is 19.1. The fourth-order valence-electron chi connectivity index (χ4n) is 3.64. The first-order valence-corrected chi connectivity index (χ1v) is 9.29. The molecule has 144 valence electrons. The second-order valence-electron chi connectivity index (χ2n) is 6.88. The maximum atomic E-state index is 13.9. The molecular weight excluding hydrogens is 347 g/mol. The van der Waals surface area contributed by atoms with Crippen molar-refractivity contribution >= 4 is 22.7 Å². The second kappa shape index (κ2) is 8.00. The van der Waals surface area contributed by atoms with Gasteiger partial charge in [-0.1, -0.05) is 18.2 Å². The molecule has 7 heteroatoms. The van der Waals surface area contributed by atoms with Crippen LogP contribution in [0.15, 0.2) is 30.3 Å². The van der Waals surface area contributed by atoms with Crippen molar-refractivity contribution in [1.29, 1.82) is 0 Å². The molecule has 6 nitrogen and oxygen atoms in total. The van der Waals surface area contributed by atoms with Crippen LogP contribution >= 0.6 is 0 Å². The number of halogens is 1. The lowest BCUT2D eigenvalue weighted by Crippen LogP contribution is -2.44. The zero-order valence-corrected chi connectivity index (χ0v) is 15.9. The number of carbonyl (C=O) groups is 2. The fraction of sp³-hybridized carbons (Fsp3) is 0.450. The van der Waals surface area contributed by atoms with Gasteiger partial charge in [-0.3, -0.25) is 14.5 Å². The minimum atomic E-state index is -0.451. The van der Waals surface area contributed by atoms with E-state index in [2.05, 4.69) is 10.3 Å². The van der Waals surface area contributed by atoms with Gasteiger partial charge in [-0.05, 0) is 39.4 Å². The van der Waals surface area contributed by atoms with E-state index < -0.39 is 5.82 Å². The third kappa shape index (κ3) is 3.93. The number of nitrogens with one attached hydrogen (secondary N) is 1. The van der Waals surface area contributed by atoms with E-state index in [-0.39, 0.29) is 35.1 Å². The molecule has 0 spiro atoms. The van der Waals surface area contributed by atoms with Gasteiger partial charge >= 0.3 is 0 Å². The quantitative estimate of drug-likeness (QED) is 0.872. The highest BCUT2D eigenvalue weighted by Gasteiger charge is 2.36. The Hall–Kier alpha value is -2.54. The highest BCUT2D eigenvalue weighted by Crippen LogP contribution is 2.20. The Kier molecular flexibility index (Phi) is 5.70. The Labute approximate surface area is 158 Å². The van der Waals surface area contributed by atoms with E-state index in [0.29, 0.717) is 31.4 Å². The van der Waals surface area contributed by atoms with Crippen molar-refractivity contribution in [3.05, 3.63) is 41.8 Å². The molecule has 2 heterocycles. The van der Waals surface area contributed by atoms with Gasteiger partial charge in [0, 0.05) is 31.1 Å². The summed E-state index contributed by atoms with van der Waals surface area (Å²) in [6, 6.07) is 7.58. The largest absolute Gasteiger partial charge is 0.347 e. The molecule has 3 rings (SSSR count). The standard InChI is InChI=1S/C20H25FN4O2/c1-4-25(5-2)20(27)17-11-14(12-24(17)3)22-19(26)16-10-9-13-7-6-8-15(21)18(13)23-16/h6-10,14,17H,4-5,11-12H2,1-3H3,(H,22,26). The van der Waals surface area contributed by atoms with Crippen LogP contribution in [0.5, 0.6) is 0 Å². The summed E-state index contributed by atoms with van der Waals surface area (Å²) >= 11 is 0. The van der Waals surface area contributed by atoms with Crippen LogP contribution in [-0.2, 0) is 4.79 Å². The highest BCUT2D eigenvalue weighted by molar-refractivity contribution is 5.95. The lowest BCUT2D eigenvalue weighted by Gasteiger charge is -2.26. The summed E-state index contributed by atoms with van der Waals surface area (Å²) in [6.45, 7) is 5.85. The molecule has 1 aliphatic heterocycles. The lowest BCUT2D eigenvalue weighted by molar-refractivity contribution is -0.135. The van der Waals surface area contributed by atoms with Gasteiger partial charge < -0.3 is 10.2 Å². The molecule has 2 unspecified atom stereocenters. The molecule has 0 saturated carbocycles. The topological polar surface area (TPSA) is 65.5 Å². The third-order valence-electron chi connectivity index (χ3n) is 5.15. The molecule has 1 fully saturated rings. The number of amides is 2. The molecule has 0 bridgehead atoms. The number of benzene rings is 1. The van der Waals surface area contributed by atoms with Crippen molar-refractivity contribution in [3.63, 3.8) is 0 Å². The monoisotopic (exact) mass is 372 g/mol. The second-order valence-corrected chi connectivity index (χ2v) is 6.88. The summed E-state index contributed by atoms with van der Waals surface area (Å²) in [6.07, 6.45) is 0.555. The van der Waals surface area contributed by atoms with Crippen molar-refractivity contribution in [3.8, 4) is 0 Å². The zero-order valence-electron chi connectivity index (χ0n) is 15.9. The number of hydrogen-bond acceptors (Lipinski definition) is 4. The van der Waals surface area contributed by atoms with E-state index in [9.17, 15) is 14.0 Å². The van der Waals surface area contributed by atoms with E-state index in [1.54, 1.807) is 29.2 Å². The van der Waals surface area contributed by atoms with Crippen molar-refractivity contribution in [2.45, 2.75) is 32.4 Å². The number of aromatic nitrogens is 1. The van der Waals surface area contributed by atoms with Gasteiger partial charge in [0.2, 0.25) is 5.91 Å². The van der Waals surface area contributed by atoms with Crippen molar-refractivity contribution < 1.29 is 14.0 Å². The molecule has 1 aromatic carbocycles. The maximum Gasteiger partial charge on any atom is 0.270 e. The van der Waals surface area contributed by atoms with Crippen molar-refractivity contribution in [2.24, 2.45) is 0 Å². The number of likely N-dealkylation sites (N-methyl/N-ethyl adjacent to an activating group) is 2. The first kappa shape index (κ1) is 19.2. The van der Waals surface area contributed by atoms with Crippen LogP contribution in [0.1, 0.15) is 30.8 Å². The van der Waals surface area contributed by atoms with Crippen LogP contribution in [0.2, 0.25) is 0 Å². The number of para-hydroxylation sites is 1. The van der Waals surface area contributed by atoms with Crippen LogP contribution < -0.4 is 5.32 Å². The predicted molar refractivity (Wildman–Crippen MR) is 102 cm³/mol. The molecule has 2 atom stereocenters. The molecule has 27 heavy (non-hydrogen) atoms. The molecule has 1 N–H and O–H groups in total. The molecule has 1 aromatic heterocycles. The average Bonchev–Trinajstić information content (AvgIpc) is 3.02. The summed E-state index contributed by atoms with van der Waals surface area (Å²) in [7, 11) is 1.89. The summed E-state index contributed by atoms with van der Waals surface area (Å²) in [5.74, 6) is -0.715. The van der Waals surface area contributed by atoms with E-state index in [0.717, 1.165) is 0 Å². The predicted octanol–water partition coefficient (Wildman–Crippen LogP) is 2.04. The molecule has 0 aliphatic carbocycles. The fourth-order valence-corrected chi connectivity index (χ4v) is 3.64. The maximum absolute atomic E-state index is 13.9. The van der Waals surface area contributed by atoms with Gasteiger partial charge in [0.05, 0.1) is 6.04 Å². The lowest BCUT2D eigenvalue weighted by atomic mass is 10.1. The number of fused-ring (bicyclic) bond motifs is 1. The van der Waals surface area contributed by atoms with E-state index in [1.165, 1.54) is 6.07 Å². The van der Waals surface area contributed by atoms with E-state index in [1.807, 2.05) is 25.8 Å². The number of hydrogen-bond donors (Lipinski definition) is 1. The van der Waals surface area contributed by atoms with Crippen LogP contribution in [0, 0.1) is 5.82 Å². The molecule has 2 amide bonds. The summed E-state index contributed by atoms with van der Waals surface area (Å²) in [5.41, 5.74) is 0.358. The number of rotatable bonds is 5. The normalized spacial score (nSPS) is 20.0. The minimum Gasteiger partial charge on any atom is -0.347 e. The summed E-state index contributed by atoms with van der Waals surface area (Å²) in [4.78, 5) is 33.1.